The Hall–Kier alpha value is -3.01. The van der Waals surface area contributed by atoms with Crippen molar-refractivity contribution < 1.29 is 9.53 Å². The molecule has 0 saturated carbocycles. The first-order chi connectivity index (χ1) is 14.1. The number of aryl methyl sites for hydroxylation is 1. The van der Waals surface area contributed by atoms with Gasteiger partial charge in [0.1, 0.15) is 6.33 Å². The molecular formula is C19H24N8O2. The second-order valence-electron chi connectivity index (χ2n) is 7.84. The zero-order valence-corrected chi connectivity index (χ0v) is 16.6. The molecule has 10 heteroatoms. The molecule has 0 radical (unpaired) electrons. The minimum atomic E-state index is 0.0698. The number of rotatable bonds is 5. The van der Waals surface area contributed by atoms with E-state index in [-0.39, 0.29) is 5.91 Å². The van der Waals surface area contributed by atoms with Gasteiger partial charge in [0.15, 0.2) is 17.0 Å². The molecule has 3 aromatic rings. The van der Waals surface area contributed by atoms with Gasteiger partial charge in [-0.1, -0.05) is 0 Å². The van der Waals surface area contributed by atoms with Gasteiger partial charge in [-0.25, -0.2) is 15.0 Å². The zero-order chi connectivity index (χ0) is 20.0. The highest BCUT2D eigenvalue weighted by Crippen LogP contribution is 2.35. The summed E-state index contributed by atoms with van der Waals surface area (Å²) in [7, 11) is 3.51. The van der Waals surface area contributed by atoms with Gasteiger partial charge in [0.25, 0.3) is 5.91 Å². The number of likely N-dealkylation sites (tertiary alicyclic amines) is 1. The van der Waals surface area contributed by atoms with Gasteiger partial charge >= 0.3 is 0 Å². The first kappa shape index (κ1) is 18.0. The molecule has 2 aliphatic heterocycles. The lowest BCUT2D eigenvalue weighted by Gasteiger charge is -2.22. The Morgan fingerprint density at radius 2 is 1.97 bits per heavy atom. The van der Waals surface area contributed by atoms with E-state index in [0.29, 0.717) is 30.6 Å². The SMILES string of the molecule is COCCn1cnc2c(N3CC4CN(C(=O)c5cnn(C)c5)CC4C3)ncnc21. The number of aromatic nitrogens is 6. The van der Waals surface area contributed by atoms with E-state index >= 15 is 0 Å². The van der Waals surface area contributed by atoms with E-state index < -0.39 is 0 Å². The number of carbonyl (C=O) groups excluding carboxylic acids is 1. The number of carbonyl (C=O) groups is 1. The fraction of sp³-hybridized carbons (Fsp3) is 0.526. The van der Waals surface area contributed by atoms with Gasteiger partial charge in [0, 0.05) is 64.9 Å². The minimum Gasteiger partial charge on any atom is -0.383 e. The Morgan fingerprint density at radius 3 is 2.66 bits per heavy atom. The highest BCUT2D eigenvalue weighted by atomic mass is 16.5. The summed E-state index contributed by atoms with van der Waals surface area (Å²) in [4.78, 5) is 30.5. The van der Waals surface area contributed by atoms with E-state index in [0.717, 1.165) is 43.2 Å². The van der Waals surface area contributed by atoms with Gasteiger partial charge in [0.05, 0.1) is 24.7 Å². The molecule has 29 heavy (non-hydrogen) atoms. The van der Waals surface area contributed by atoms with Crippen LogP contribution < -0.4 is 4.90 Å². The highest BCUT2D eigenvalue weighted by molar-refractivity contribution is 5.94. The Labute approximate surface area is 168 Å². The fourth-order valence-electron chi connectivity index (χ4n) is 4.50. The number of methoxy groups -OCH3 is 1. The maximum atomic E-state index is 12.7. The van der Waals surface area contributed by atoms with Crippen molar-refractivity contribution in [2.45, 2.75) is 6.54 Å². The third-order valence-electron chi connectivity index (χ3n) is 5.94. The standard InChI is InChI=1S/C19H24N8O2/c1-24-6-13(5-23-24)19(28)27-9-14-7-26(8-15(14)10-27)18-16-17(20-11-21-18)25(12-22-16)3-4-29-2/h5-6,11-12,14-15H,3-4,7-10H2,1-2H3. The molecule has 2 aliphatic rings. The number of fused-ring (bicyclic) bond motifs is 2. The Balaban J connectivity index is 1.30. The quantitative estimate of drug-likeness (QED) is 0.617. The Morgan fingerprint density at radius 1 is 1.17 bits per heavy atom. The highest BCUT2D eigenvalue weighted by Gasteiger charge is 2.42. The number of ether oxygens (including phenoxy) is 1. The van der Waals surface area contributed by atoms with Crippen LogP contribution in [-0.2, 0) is 18.3 Å². The largest absolute Gasteiger partial charge is 0.383 e. The molecule has 2 unspecified atom stereocenters. The molecule has 5 heterocycles. The average Bonchev–Trinajstić information content (AvgIpc) is 3.48. The normalized spacial score (nSPS) is 21.3. The smallest absolute Gasteiger partial charge is 0.257 e. The van der Waals surface area contributed by atoms with Gasteiger partial charge in [-0.15, -0.1) is 0 Å². The molecule has 0 N–H and O–H groups in total. The van der Waals surface area contributed by atoms with Crippen molar-refractivity contribution >= 4 is 22.9 Å². The van der Waals surface area contributed by atoms with Crippen LogP contribution in [0.5, 0.6) is 0 Å². The monoisotopic (exact) mass is 396 g/mol. The number of amides is 1. The molecule has 0 aromatic carbocycles. The summed E-state index contributed by atoms with van der Waals surface area (Å²) in [5, 5.41) is 4.11. The summed E-state index contributed by atoms with van der Waals surface area (Å²) in [6.45, 7) is 4.60. The lowest BCUT2D eigenvalue weighted by molar-refractivity contribution is 0.0782. The Kier molecular flexibility index (Phi) is 4.42. The summed E-state index contributed by atoms with van der Waals surface area (Å²) < 4.78 is 8.83. The second-order valence-corrected chi connectivity index (χ2v) is 7.84. The second kappa shape index (κ2) is 7.11. The molecule has 5 rings (SSSR count). The van der Waals surface area contributed by atoms with Crippen LogP contribution in [0.3, 0.4) is 0 Å². The molecule has 1 amide bonds. The number of nitrogens with zero attached hydrogens (tertiary/aromatic N) is 8. The number of hydrogen-bond donors (Lipinski definition) is 0. The van der Waals surface area contributed by atoms with E-state index in [1.54, 1.807) is 36.8 Å². The molecule has 10 nitrogen and oxygen atoms in total. The predicted octanol–water partition coefficient (Wildman–Crippen LogP) is 0.415. The first-order valence-electron chi connectivity index (χ1n) is 9.81. The van der Waals surface area contributed by atoms with Gasteiger partial charge in [0.2, 0.25) is 0 Å². The van der Waals surface area contributed by atoms with Gasteiger partial charge in [-0.3, -0.25) is 9.48 Å². The number of hydrogen-bond acceptors (Lipinski definition) is 7. The van der Waals surface area contributed by atoms with Crippen molar-refractivity contribution in [3.63, 3.8) is 0 Å². The van der Waals surface area contributed by atoms with E-state index in [2.05, 4.69) is 25.0 Å². The van der Waals surface area contributed by atoms with Crippen LogP contribution in [0.4, 0.5) is 5.82 Å². The molecule has 152 valence electrons. The summed E-state index contributed by atoms with van der Waals surface area (Å²) in [5.74, 6) is 1.83. The summed E-state index contributed by atoms with van der Waals surface area (Å²) in [6.07, 6.45) is 6.82. The average molecular weight is 396 g/mol. The van der Waals surface area contributed by atoms with E-state index in [1.807, 2.05) is 16.5 Å². The van der Waals surface area contributed by atoms with Crippen LogP contribution in [0.2, 0.25) is 0 Å². The molecule has 0 bridgehead atoms. The van der Waals surface area contributed by atoms with Crippen LogP contribution in [0.25, 0.3) is 11.2 Å². The molecule has 0 aliphatic carbocycles. The molecule has 2 fully saturated rings. The van der Waals surface area contributed by atoms with Crippen molar-refractivity contribution in [2.75, 3.05) is 44.8 Å². The van der Waals surface area contributed by atoms with Crippen LogP contribution >= 0.6 is 0 Å². The topological polar surface area (TPSA) is 94.2 Å². The number of imidazole rings is 1. The molecular weight excluding hydrogens is 372 g/mol. The van der Waals surface area contributed by atoms with Crippen molar-refractivity contribution in [3.05, 3.63) is 30.6 Å². The molecule has 0 spiro atoms. The van der Waals surface area contributed by atoms with E-state index in [9.17, 15) is 4.79 Å². The fourth-order valence-corrected chi connectivity index (χ4v) is 4.50. The van der Waals surface area contributed by atoms with Gasteiger partial charge in [-0.05, 0) is 0 Å². The number of anilines is 1. The van der Waals surface area contributed by atoms with Crippen LogP contribution in [-0.4, -0.2) is 80.0 Å². The summed E-state index contributed by atoms with van der Waals surface area (Å²) >= 11 is 0. The maximum Gasteiger partial charge on any atom is 0.257 e. The van der Waals surface area contributed by atoms with Crippen molar-refractivity contribution in [1.29, 1.82) is 0 Å². The van der Waals surface area contributed by atoms with Crippen molar-refractivity contribution in [2.24, 2.45) is 18.9 Å². The minimum absolute atomic E-state index is 0.0698. The summed E-state index contributed by atoms with van der Waals surface area (Å²) in [5.41, 5.74) is 2.31. The van der Waals surface area contributed by atoms with E-state index in [4.69, 9.17) is 4.74 Å². The lowest BCUT2D eigenvalue weighted by Crippen LogP contribution is -2.33. The van der Waals surface area contributed by atoms with Gasteiger partial charge in [-0.2, -0.15) is 5.10 Å². The predicted molar refractivity (Wildman–Crippen MR) is 106 cm³/mol. The third-order valence-corrected chi connectivity index (χ3v) is 5.94. The first-order valence-corrected chi connectivity index (χ1v) is 9.81. The summed E-state index contributed by atoms with van der Waals surface area (Å²) in [6, 6.07) is 0. The maximum absolute atomic E-state index is 12.7. The zero-order valence-electron chi connectivity index (χ0n) is 16.6. The Bertz CT molecular complexity index is 1030. The molecule has 3 aromatic heterocycles. The van der Waals surface area contributed by atoms with Crippen LogP contribution in [0, 0.1) is 11.8 Å². The lowest BCUT2D eigenvalue weighted by atomic mass is 10.0. The van der Waals surface area contributed by atoms with Crippen molar-refractivity contribution in [1.82, 2.24) is 34.2 Å². The third kappa shape index (κ3) is 3.13. The van der Waals surface area contributed by atoms with Crippen LogP contribution in [0.1, 0.15) is 10.4 Å². The molecule has 2 saturated heterocycles. The van der Waals surface area contributed by atoms with Crippen LogP contribution in [0.15, 0.2) is 25.0 Å². The van der Waals surface area contributed by atoms with Gasteiger partial charge < -0.3 is 19.1 Å². The molecule has 2 atom stereocenters. The van der Waals surface area contributed by atoms with Crippen molar-refractivity contribution in [3.8, 4) is 0 Å². The van der Waals surface area contributed by atoms with E-state index in [1.165, 1.54) is 0 Å².